The molecule has 0 bridgehead atoms. The molecule has 0 heteroatoms. The van der Waals surface area contributed by atoms with Crippen LogP contribution in [-0.2, 0) is 0 Å². The second kappa shape index (κ2) is 7.55. The third-order valence-corrected chi connectivity index (χ3v) is 4.99. The van der Waals surface area contributed by atoms with Crippen molar-refractivity contribution >= 4 is 0 Å². The Balaban J connectivity index is 2.56. The zero-order chi connectivity index (χ0) is 18.0. The second-order valence-corrected chi connectivity index (χ2v) is 8.31. The lowest BCUT2D eigenvalue weighted by Gasteiger charge is -2.20. The smallest absolute Gasteiger partial charge is 0.0181 e. The summed E-state index contributed by atoms with van der Waals surface area (Å²) in [4.78, 5) is 0. The van der Waals surface area contributed by atoms with E-state index in [0.29, 0.717) is 23.7 Å². The van der Waals surface area contributed by atoms with E-state index in [-0.39, 0.29) is 0 Å². The van der Waals surface area contributed by atoms with Gasteiger partial charge in [-0.25, -0.2) is 0 Å². The molecular formula is C24H34. The average molecular weight is 323 g/mol. The second-order valence-electron chi connectivity index (χ2n) is 8.31. The topological polar surface area (TPSA) is 0 Å². The Kier molecular flexibility index (Phi) is 5.91. The van der Waals surface area contributed by atoms with E-state index in [2.05, 4.69) is 91.8 Å². The van der Waals surface area contributed by atoms with Gasteiger partial charge in [-0.1, -0.05) is 91.8 Å². The molecule has 0 saturated heterocycles. The van der Waals surface area contributed by atoms with Gasteiger partial charge in [0.2, 0.25) is 0 Å². The van der Waals surface area contributed by atoms with Crippen LogP contribution in [-0.4, -0.2) is 0 Å². The molecule has 0 radical (unpaired) electrons. The quantitative estimate of drug-likeness (QED) is 0.525. The minimum Gasteiger partial charge on any atom is -0.0587 e. The molecule has 130 valence electrons. The van der Waals surface area contributed by atoms with E-state index in [4.69, 9.17) is 0 Å². The number of hydrogen-bond donors (Lipinski definition) is 0. The Morgan fingerprint density at radius 3 is 0.958 bits per heavy atom. The van der Waals surface area contributed by atoms with Crippen LogP contribution < -0.4 is 0 Å². The molecular weight excluding hydrogens is 288 g/mol. The monoisotopic (exact) mass is 322 g/mol. The van der Waals surface area contributed by atoms with E-state index in [1.165, 1.54) is 33.4 Å². The first-order chi connectivity index (χ1) is 11.2. The van der Waals surface area contributed by atoms with Gasteiger partial charge in [0, 0.05) is 0 Å². The molecule has 0 aromatic heterocycles. The molecule has 0 aliphatic heterocycles. The Hall–Kier alpha value is -1.56. The highest BCUT2D eigenvalue weighted by Crippen LogP contribution is 2.34. The van der Waals surface area contributed by atoms with Crippen LogP contribution in [0.3, 0.4) is 0 Å². The van der Waals surface area contributed by atoms with Crippen molar-refractivity contribution in [1.29, 1.82) is 0 Å². The molecule has 2 rings (SSSR count). The van der Waals surface area contributed by atoms with E-state index in [1.54, 1.807) is 0 Å². The standard InChI is InChI=1S/C24H34/c1-15(2)21-11-9-19(13-23(21)17(5)6)20-10-12-22(16(3)4)24(14-20)18(7)8/h9-18H,1-8H3. The van der Waals surface area contributed by atoms with Crippen LogP contribution in [0.25, 0.3) is 11.1 Å². The molecule has 0 N–H and O–H groups in total. The highest BCUT2D eigenvalue weighted by molar-refractivity contribution is 5.67. The number of hydrogen-bond acceptors (Lipinski definition) is 0. The Labute approximate surface area is 149 Å². The summed E-state index contributed by atoms with van der Waals surface area (Å²) >= 11 is 0. The van der Waals surface area contributed by atoms with Gasteiger partial charge in [0.1, 0.15) is 0 Å². The summed E-state index contributed by atoms with van der Waals surface area (Å²) in [5.41, 5.74) is 8.64. The van der Waals surface area contributed by atoms with E-state index in [1.807, 2.05) is 0 Å². The third-order valence-electron chi connectivity index (χ3n) is 4.99. The van der Waals surface area contributed by atoms with Gasteiger partial charge in [0.25, 0.3) is 0 Å². The molecule has 0 aliphatic rings. The normalized spacial score (nSPS) is 12.0. The Morgan fingerprint density at radius 2 is 0.708 bits per heavy atom. The lowest BCUT2D eigenvalue weighted by Crippen LogP contribution is -2.01. The zero-order valence-corrected chi connectivity index (χ0v) is 16.8. The van der Waals surface area contributed by atoms with Crippen LogP contribution >= 0.6 is 0 Å². The van der Waals surface area contributed by atoms with Crippen LogP contribution in [0.5, 0.6) is 0 Å². The molecule has 0 heterocycles. The minimum absolute atomic E-state index is 0.557. The predicted molar refractivity (Wildman–Crippen MR) is 108 cm³/mol. The van der Waals surface area contributed by atoms with Gasteiger partial charge in [0.05, 0.1) is 0 Å². The fourth-order valence-corrected chi connectivity index (χ4v) is 3.56. The molecule has 0 fully saturated rings. The SMILES string of the molecule is CC(C)c1ccc(-c2ccc(C(C)C)c(C(C)C)c2)cc1C(C)C. The van der Waals surface area contributed by atoms with Crippen molar-refractivity contribution in [1.82, 2.24) is 0 Å². The molecule has 24 heavy (non-hydrogen) atoms. The first-order valence-electron chi connectivity index (χ1n) is 9.50. The molecule has 0 unspecified atom stereocenters. The maximum Gasteiger partial charge on any atom is -0.0181 e. The Bertz CT molecular complexity index is 626. The van der Waals surface area contributed by atoms with Crippen LogP contribution in [0.15, 0.2) is 36.4 Å². The van der Waals surface area contributed by atoms with Gasteiger partial charge in [0.15, 0.2) is 0 Å². The maximum absolute atomic E-state index is 2.41. The van der Waals surface area contributed by atoms with Gasteiger partial charge in [-0.05, 0) is 57.1 Å². The van der Waals surface area contributed by atoms with Crippen LogP contribution in [0.2, 0.25) is 0 Å². The molecule has 0 spiro atoms. The average Bonchev–Trinajstić information content (AvgIpc) is 2.53. The van der Waals surface area contributed by atoms with Gasteiger partial charge >= 0.3 is 0 Å². The Morgan fingerprint density at radius 1 is 0.417 bits per heavy atom. The maximum atomic E-state index is 2.41. The van der Waals surface area contributed by atoms with E-state index < -0.39 is 0 Å². The molecule has 0 amide bonds. The van der Waals surface area contributed by atoms with Crippen LogP contribution in [0, 0.1) is 0 Å². The summed E-state index contributed by atoms with van der Waals surface area (Å²) < 4.78 is 0. The molecule has 0 nitrogen and oxygen atoms in total. The summed E-state index contributed by atoms with van der Waals surface area (Å²) in [6.07, 6.45) is 0. The first kappa shape index (κ1) is 18.8. The lowest BCUT2D eigenvalue weighted by atomic mass is 9.85. The summed E-state index contributed by atoms with van der Waals surface area (Å²) in [5.74, 6) is 2.26. The summed E-state index contributed by atoms with van der Waals surface area (Å²) in [6.45, 7) is 18.3. The van der Waals surface area contributed by atoms with Gasteiger partial charge in [-0.3, -0.25) is 0 Å². The minimum atomic E-state index is 0.557. The first-order valence-corrected chi connectivity index (χ1v) is 9.50. The molecule has 2 aromatic carbocycles. The largest absolute Gasteiger partial charge is 0.0587 e. The highest BCUT2D eigenvalue weighted by atomic mass is 14.2. The summed E-state index contributed by atoms with van der Waals surface area (Å²) in [7, 11) is 0. The van der Waals surface area contributed by atoms with Crippen LogP contribution in [0.4, 0.5) is 0 Å². The molecule has 0 aliphatic carbocycles. The van der Waals surface area contributed by atoms with Crippen LogP contribution in [0.1, 0.15) is 101 Å². The van der Waals surface area contributed by atoms with Crippen molar-refractivity contribution in [3.05, 3.63) is 58.7 Å². The lowest BCUT2D eigenvalue weighted by molar-refractivity contribution is 0.789. The molecule has 2 aromatic rings. The van der Waals surface area contributed by atoms with Crippen molar-refractivity contribution in [2.45, 2.75) is 79.1 Å². The van der Waals surface area contributed by atoms with Crippen molar-refractivity contribution < 1.29 is 0 Å². The van der Waals surface area contributed by atoms with Crippen molar-refractivity contribution in [3.8, 4) is 11.1 Å². The van der Waals surface area contributed by atoms with Gasteiger partial charge in [-0.15, -0.1) is 0 Å². The summed E-state index contributed by atoms with van der Waals surface area (Å²) in [6, 6.07) is 14.1. The van der Waals surface area contributed by atoms with E-state index in [0.717, 1.165) is 0 Å². The summed E-state index contributed by atoms with van der Waals surface area (Å²) in [5, 5.41) is 0. The number of benzene rings is 2. The molecule has 0 saturated carbocycles. The van der Waals surface area contributed by atoms with Gasteiger partial charge in [-0.2, -0.15) is 0 Å². The third kappa shape index (κ3) is 3.91. The van der Waals surface area contributed by atoms with E-state index in [9.17, 15) is 0 Å². The number of rotatable bonds is 5. The van der Waals surface area contributed by atoms with Crippen molar-refractivity contribution in [2.75, 3.05) is 0 Å². The van der Waals surface area contributed by atoms with Gasteiger partial charge < -0.3 is 0 Å². The highest BCUT2D eigenvalue weighted by Gasteiger charge is 2.14. The fraction of sp³-hybridized carbons (Fsp3) is 0.500. The van der Waals surface area contributed by atoms with Crippen molar-refractivity contribution in [2.24, 2.45) is 0 Å². The zero-order valence-electron chi connectivity index (χ0n) is 16.8. The van der Waals surface area contributed by atoms with E-state index >= 15 is 0 Å². The predicted octanol–water partition coefficient (Wildman–Crippen LogP) is 7.85. The van der Waals surface area contributed by atoms with Crippen molar-refractivity contribution in [3.63, 3.8) is 0 Å². The molecule has 0 atom stereocenters. The fourth-order valence-electron chi connectivity index (χ4n) is 3.56.